The predicted octanol–water partition coefficient (Wildman–Crippen LogP) is 1.97. The van der Waals surface area contributed by atoms with E-state index in [1.807, 2.05) is 24.3 Å². The second-order valence-corrected chi connectivity index (χ2v) is 6.17. The molecule has 0 bridgehead atoms. The fraction of sp³-hybridized carbons (Fsp3) is 0.529. The third kappa shape index (κ3) is 3.14. The molecule has 5 nitrogen and oxygen atoms in total. The summed E-state index contributed by atoms with van der Waals surface area (Å²) in [4.78, 5) is 27.2. The van der Waals surface area contributed by atoms with Gasteiger partial charge in [0, 0.05) is 18.7 Å². The number of piperidine rings is 1. The van der Waals surface area contributed by atoms with Gasteiger partial charge in [0.25, 0.3) is 5.91 Å². The number of hydrogen-bond acceptors (Lipinski definition) is 3. The lowest BCUT2D eigenvalue weighted by atomic mass is 10.0. The van der Waals surface area contributed by atoms with Crippen molar-refractivity contribution < 1.29 is 14.7 Å². The van der Waals surface area contributed by atoms with Crippen LogP contribution in [0.2, 0.25) is 0 Å². The third-order valence-electron chi connectivity index (χ3n) is 4.62. The molecule has 3 rings (SSSR count). The van der Waals surface area contributed by atoms with Crippen molar-refractivity contribution in [2.75, 3.05) is 19.6 Å². The Morgan fingerprint density at radius 2 is 1.73 bits per heavy atom. The second kappa shape index (κ2) is 6.48. The van der Waals surface area contributed by atoms with Gasteiger partial charge in [-0.2, -0.15) is 0 Å². The van der Waals surface area contributed by atoms with Crippen LogP contribution in [0.25, 0.3) is 0 Å². The molecule has 0 spiro atoms. The van der Waals surface area contributed by atoms with Crippen molar-refractivity contribution >= 4 is 11.9 Å². The molecule has 2 aliphatic rings. The first-order valence-corrected chi connectivity index (χ1v) is 8.00. The number of carbonyl (C=O) groups is 2. The van der Waals surface area contributed by atoms with E-state index in [1.165, 1.54) is 29.7 Å². The Bertz CT molecular complexity index is 550. The molecule has 0 radical (unpaired) electrons. The molecule has 0 aromatic heterocycles. The largest absolute Gasteiger partial charge is 0.480 e. The summed E-state index contributed by atoms with van der Waals surface area (Å²) in [6.45, 7) is 3.75. The van der Waals surface area contributed by atoms with E-state index < -0.39 is 12.0 Å². The second-order valence-electron chi connectivity index (χ2n) is 6.17. The zero-order valence-electron chi connectivity index (χ0n) is 12.7. The molecule has 2 saturated heterocycles. The van der Waals surface area contributed by atoms with Crippen LogP contribution in [0, 0.1) is 0 Å². The van der Waals surface area contributed by atoms with Gasteiger partial charge in [-0.3, -0.25) is 9.69 Å². The summed E-state index contributed by atoms with van der Waals surface area (Å²) in [6.07, 6.45) is 4.41. The molecule has 2 heterocycles. The molecule has 1 aromatic carbocycles. The summed E-state index contributed by atoms with van der Waals surface area (Å²) in [7, 11) is 0. The lowest BCUT2D eigenvalue weighted by Crippen LogP contribution is -2.55. The normalized spacial score (nSPS) is 22.2. The van der Waals surface area contributed by atoms with Crippen molar-refractivity contribution in [3.63, 3.8) is 0 Å². The van der Waals surface area contributed by atoms with E-state index in [1.54, 1.807) is 0 Å². The first kappa shape index (κ1) is 15.0. The molecule has 2 fully saturated rings. The van der Waals surface area contributed by atoms with Gasteiger partial charge in [0.1, 0.15) is 6.04 Å². The van der Waals surface area contributed by atoms with E-state index >= 15 is 0 Å². The Hall–Kier alpha value is -1.88. The number of amides is 1. The monoisotopic (exact) mass is 302 g/mol. The summed E-state index contributed by atoms with van der Waals surface area (Å²) < 4.78 is 0. The Morgan fingerprint density at radius 1 is 1.05 bits per heavy atom. The van der Waals surface area contributed by atoms with Crippen molar-refractivity contribution in [1.29, 1.82) is 0 Å². The minimum atomic E-state index is -0.915. The van der Waals surface area contributed by atoms with Crippen LogP contribution in [-0.2, 0) is 11.3 Å². The zero-order chi connectivity index (χ0) is 15.5. The van der Waals surface area contributed by atoms with Gasteiger partial charge in [0.2, 0.25) is 0 Å². The van der Waals surface area contributed by atoms with Crippen LogP contribution < -0.4 is 0 Å². The Morgan fingerprint density at radius 3 is 2.27 bits per heavy atom. The van der Waals surface area contributed by atoms with Gasteiger partial charge < -0.3 is 10.0 Å². The first-order valence-electron chi connectivity index (χ1n) is 8.00. The molecule has 2 aliphatic heterocycles. The summed E-state index contributed by atoms with van der Waals surface area (Å²) in [6, 6.07) is 6.95. The maximum Gasteiger partial charge on any atom is 0.326 e. The van der Waals surface area contributed by atoms with Crippen molar-refractivity contribution in [3.05, 3.63) is 35.4 Å². The Kier molecular flexibility index (Phi) is 4.43. The van der Waals surface area contributed by atoms with Gasteiger partial charge >= 0.3 is 5.97 Å². The van der Waals surface area contributed by atoms with Crippen LogP contribution in [0.1, 0.15) is 41.6 Å². The smallest absolute Gasteiger partial charge is 0.326 e. The fourth-order valence-corrected chi connectivity index (χ4v) is 3.18. The van der Waals surface area contributed by atoms with Gasteiger partial charge in [-0.15, -0.1) is 0 Å². The highest BCUT2D eigenvalue weighted by molar-refractivity contribution is 5.97. The van der Waals surface area contributed by atoms with Gasteiger partial charge in [-0.05, 0) is 50.0 Å². The van der Waals surface area contributed by atoms with E-state index in [9.17, 15) is 9.59 Å². The summed E-state index contributed by atoms with van der Waals surface area (Å²) in [5, 5.41) is 9.03. The van der Waals surface area contributed by atoms with Crippen molar-refractivity contribution in [2.24, 2.45) is 0 Å². The van der Waals surface area contributed by atoms with E-state index in [0.29, 0.717) is 18.5 Å². The Balaban J connectivity index is 1.61. The van der Waals surface area contributed by atoms with E-state index in [-0.39, 0.29) is 5.91 Å². The van der Waals surface area contributed by atoms with Crippen molar-refractivity contribution in [3.8, 4) is 0 Å². The average Bonchev–Trinajstić information content (AvgIpc) is 2.47. The minimum Gasteiger partial charge on any atom is -0.480 e. The number of aliphatic carboxylic acids is 1. The standard InChI is InChI=1S/C17H22N2O3/c20-16(19-11-8-15(19)17(21)22)14-6-4-13(5-7-14)12-18-9-2-1-3-10-18/h4-7,15H,1-3,8-12H2,(H,21,22)/t15-/m0/s1. The molecule has 1 amide bonds. The van der Waals surface area contributed by atoms with Crippen LogP contribution in [0.4, 0.5) is 0 Å². The number of hydrogen-bond donors (Lipinski definition) is 1. The third-order valence-corrected chi connectivity index (χ3v) is 4.62. The highest BCUT2D eigenvalue weighted by Gasteiger charge is 2.37. The van der Waals surface area contributed by atoms with E-state index in [4.69, 9.17) is 5.11 Å². The molecule has 118 valence electrons. The minimum absolute atomic E-state index is 0.178. The molecular weight excluding hydrogens is 280 g/mol. The summed E-state index contributed by atoms with van der Waals surface area (Å²) in [5.74, 6) is -1.09. The molecule has 0 aliphatic carbocycles. The number of benzene rings is 1. The van der Waals surface area contributed by atoms with Crippen LogP contribution in [-0.4, -0.2) is 52.5 Å². The topological polar surface area (TPSA) is 60.9 Å². The molecule has 1 atom stereocenters. The number of likely N-dealkylation sites (tertiary alicyclic amines) is 2. The summed E-state index contributed by atoms with van der Waals surface area (Å²) in [5.41, 5.74) is 1.78. The van der Waals surface area contributed by atoms with E-state index in [0.717, 1.165) is 19.6 Å². The number of rotatable bonds is 4. The van der Waals surface area contributed by atoms with Gasteiger partial charge in [0.05, 0.1) is 0 Å². The average molecular weight is 302 g/mol. The number of carboxylic acid groups (broad SMARTS) is 1. The quantitative estimate of drug-likeness (QED) is 0.924. The highest BCUT2D eigenvalue weighted by Crippen LogP contribution is 2.21. The van der Waals surface area contributed by atoms with Gasteiger partial charge in [0.15, 0.2) is 0 Å². The van der Waals surface area contributed by atoms with Gasteiger partial charge in [-0.25, -0.2) is 4.79 Å². The SMILES string of the molecule is O=C(O)[C@@H]1CCN1C(=O)c1ccc(CN2CCCCC2)cc1. The van der Waals surface area contributed by atoms with Gasteiger partial charge in [-0.1, -0.05) is 18.6 Å². The van der Waals surface area contributed by atoms with Crippen LogP contribution in [0.3, 0.4) is 0 Å². The lowest BCUT2D eigenvalue weighted by Gasteiger charge is -2.38. The molecule has 1 N–H and O–H groups in total. The molecule has 22 heavy (non-hydrogen) atoms. The molecule has 1 aromatic rings. The predicted molar refractivity (Wildman–Crippen MR) is 82.6 cm³/mol. The van der Waals surface area contributed by atoms with Crippen LogP contribution in [0.5, 0.6) is 0 Å². The molecule has 5 heteroatoms. The molecular formula is C17H22N2O3. The maximum atomic E-state index is 12.3. The van der Waals surface area contributed by atoms with Crippen LogP contribution >= 0.6 is 0 Å². The number of carboxylic acids is 1. The fourth-order valence-electron chi connectivity index (χ4n) is 3.18. The Labute approximate surface area is 130 Å². The highest BCUT2D eigenvalue weighted by atomic mass is 16.4. The number of nitrogens with zero attached hydrogens (tertiary/aromatic N) is 2. The lowest BCUT2D eigenvalue weighted by molar-refractivity contribution is -0.146. The zero-order valence-corrected chi connectivity index (χ0v) is 12.7. The van der Waals surface area contributed by atoms with Crippen LogP contribution in [0.15, 0.2) is 24.3 Å². The van der Waals surface area contributed by atoms with Crippen molar-refractivity contribution in [2.45, 2.75) is 38.3 Å². The number of carbonyl (C=O) groups excluding carboxylic acids is 1. The van der Waals surface area contributed by atoms with E-state index in [2.05, 4.69) is 4.90 Å². The van der Waals surface area contributed by atoms with Crippen molar-refractivity contribution in [1.82, 2.24) is 9.80 Å². The maximum absolute atomic E-state index is 12.3. The molecule has 0 unspecified atom stereocenters. The molecule has 0 saturated carbocycles. The summed E-state index contributed by atoms with van der Waals surface area (Å²) >= 11 is 0. The first-order chi connectivity index (χ1) is 10.6.